The maximum absolute atomic E-state index is 12.9. The number of carbonyl (C=O) groups is 1. The summed E-state index contributed by atoms with van der Waals surface area (Å²) in [5, 5.41) is 3.48. The van der Waals surface area contributed by atoms with Gasteiger partial charge in [0.1, 0.15) is 43.0 Å². The van der Waals surface area contributed by atoms with Gasteiger partial charge in [0, 0.05) is 30.3 Å². The van der Waals surface area contributed by atoms with Crippen molar-refractivity contribution in [3.05, 3.63) is 42.5 Å². The second kappa shape index (κ2) is 7.98. The Labute approximate surface area is 184 Å². The van der Waals surface area contributed by atoms with E-state index < -0.39 is 5.91 Å². The van der Waals surface area contributed by atoms with E-state index in [1.165, 1.54) is 7.11 Å². The number of anilines is 1. The normalized spacial score (nSPS) is 10.9. The molecular formula is C20H13B4N5O2. The molecule has 4 rings (SSSR count). The minimum Gasteiger partial charge on any atom is -0.498 e. The summed E-state index contributed by atoms with van der Waals surface area (Å²) in [5.41, 5.74) is 2.20. The van der Waals surface area contributed by atoms with Crippen LogP contribution < -0.4 is 31.9 Å². The second-order valence-electron chi connectivity index (χ2n) is 6.87. The first kappa shape index (κ1) is 20.8. The Hall–Kier alpha value is -3.48. The van der Waals surface area contributed by atoms with Crippen LogP contribution in [0.4, 0.5) is 5.82 Å². The first-order valence-electron chi connectivity index (χ1n) is 9.16. The molecule has 0 atom stereocenters. The van der Waals surface area contributed by atoms with Gasteiger partial charge in [0.05, 0.1) is 36.5 Å². The lowest BCUT2D eigenvalue weighted by atomic mass is 9.66. The number of carbonyl (C=O) groups excluding carboxylic acids is 1. The Morgan fingerprint density at radius 1 is 1.06 bits per heavy atom. The number of imidazole rings is 1. The number of pyridine rings is 2. The molecule has 0 fully saturated rings. The molecule has 0 saturated carbocycles. The Bertz CT molecular complexity index is 1310. The molecule has 3 heterocycles. The number of amides is 1. The number of methoxy groups -OCH3 is 1. The van der Waals surface area contributed by atoms with Crippen LogP contribution in [0.15, 0.2) is 36.9 Å². The third-order valence-corrected chi connectivity index (χ3v) is 4.93. The predicted octanol–water partition coefficient (Wildman–Crippen LogP) is -1.53. The lowest BCUT2D eigenvalue weighted by Gasteiger charge is -2.20. The van der Waals surface area contributed by atoms with Crippen LogP contribution in [-0.4, -0.2) is 63.9 Å². The fraction of sp³-hybridized carbons (Fsp3) is 0.100. The number of fused-ring (bicyclic) bond motifs is 1. The van der Waals surface area contributed by atoms with E-state index in [1.807, 2.05) is 23.7 Å². The van der Waals surface area contributed by atoms with Gasteiger partial charge in [-0.15, -0.1) is 0 Å². The highest BCUT2D eigenvalue weighted by Gasteiger charge is 2.19. The van der Waals surface area contributed by atoms with E-state index in [2.05, 4.69) is 20.3 Å². The minimum atomic E-state index is -0.606. The van der Waals surface area contributed by atoms with Crippen molar-refractivity contribution in [3.63, 3.8) is 0 Å². The first-order valence-corrected chi connectivity index (χ1v) is 9.16. The van der Waals surface area contributed by atoms with Crippen LogP contribution in [-0.2, 0) is 7.05 Å². The number of benzene rings is 1. The summed E-state index contributed by atoms with van der Waals surface area (Å²) in [4.78, 5) is 25.9. The largest absolute Gasteiger partial charge is 0.498 e. The lowest BCUT2D eigenvalue weighted by Crippen LogP contribution is -2.47. The van der Waals surface area contributed by atoms with E-state index in [9.17, 15) is 4.79 Å². The number of rotatable bonds is 4. The predicted molar refractivity (Wildman–Crippen MR) is 124 cm³/mol. The van der Waals surface area contributed by atoms with Gasteiger partial charge in [-0.25, -0.2) is 15.0 Å². The van der Waals surface area contributed by atoms with Gasteiger partial charge in [-0.2, -0.15) is 0 Å². The second-order valence-corrected chi connectivity index (χ2v) is 6.87. The molecule has 11 heteroatoms. The average molecular weight is 399 g/mol. The van der Waals surface area contributed by atoms with Crippen LogP contribution in [0.3, 0.4) is 0 Å². The van der Waals surface area contributed by atoms with Gasteiger partial charge < -0.3 is 14.6 Å². The zero-order chi connectivity index (χ0) is 22.3. The highest BCUT2D eigenvalue weighted by molar-refractivity contribution is 6.61. The molecule has 1 aromatic carbocycles. The molecule has 0 saturated heterocycles. The first-order chi connectivity index (χ1) is 14.8. The van der Waals surface area contributed by atoms with Crippen LogP contribution in [0.1, 0.15) is 10.4 Å². The fourth-order valence-electron chi connectivity index (χ4n) is 3.28. The fourth-order valence-corrected chi connectivity index (χ4v) is 3.28. The van der Waals surface area contributed by atoms with Crippen molar-refractivity contribution in [2.75, 3.05) is 12.4 Å². The van der Waals surface area contributed by atoms with Crippen LogP contribution in [0.5, 0.6) is 5.75 Å². The summed E-state index contributed by atoms with van der Waals surface area (Å²) >= 11 is 0. The van der Waals surface area contributed by atoms with E-state index in [1.54, 1.807) is 24.8 Å². The van der Waals surface area contributed by atoms with E-state index >= 15 is 0 Å². The van der Waals surface area contributed by atoms with Crippen molar-refractivity contribution < 1.29 is 9.53 Å². The molecule has 1 N–H and O–H groups in total. The summed E-state index contributed by atoms with van der Waals surface area (Å²) in [6, 6.07) is 5.42. The van der Waals surface area contributed by atoms with Crippen LogP contribution in [0, 0.1) is 0 Å². The molecule has 0 aliphatic carbocycles. The molecule has 8 radical (unpaired) electrons. The topological polar surface area (TPSA) is 81.9 Å². The maximum atomic E-state index is 12.9. The Morgan fingerprint density at radius 2 is 1.77 bits per heavy atom. The number of ether oxygens (including phenoxy) is 1. The van der Waals surface area contributed by atoms with Gasteiger partial charge in [-0.3, -0.25) is 4.79 Å². The number of nitrogens with zero attached hydrogens (tertiary/aromatic N) is 4. The van der Waals surface area contributed by atoms with E-state index in [0.29, 0.717) is 5.52 Å². The molecule has 31 heavy (non-hydrogen) atoms. The average Bonchev–Trinajstić information content (AvgIpc) is 3.18. The number of nitrogens with one attached hydrogen (secondary N) is 1. The van der Waals surface area contributed by atoms with Crippen molar-refractivity contribution >= 4 is 75.9 Å². The maximum Gasteiger partial charge on any atom is 0.255 e. The molecule has 3 aromatic heterocycles. The zero-order valence-electron chi connectivity index (χ0n) is 16.9. The molecule has 0 aliphatic heterocycles. The van der Waals surface area contributed by atoms with E-state index in [4.69, 9.17) is 36.1 Å². The quantitative estimate of drug-likeness (QED) is 0.422. The molecule has 0 unspecified atom stereocenters. The summed E-state index contributed by atoms with van der Waals surface area (Å²) in [6.07, 6.45) is 5.02. The molecule has 142 valence electrons. The summed E-state index contributed by atoms with van der Waals surface area (Å²) in [7, 11) is 27.2. The SMILES string of the molecule is [B]c1c([B])c(C(=O)Nc2cc3nc(-c4cncn4C)ccc3cn2)c([B])c([B])c1OC. The standard InChI is InChI=1S/C20H13B4N5O2/c1-29-8-25-7-12(29)10-4-3-9-6-26-13(5-11(9)27-10)28-20(30)14-15(21)17(23)19(31-2)18(24)16(14)22/h3-8H,1-2H3,(H,26,28,30). The number of hydrogen-bond donors (Lipinski definition) is 1. The van der Waals surface area contributed by atoms with Crippen LogP contribution in [0.25, 0.3) is 22.3 Å². The molecule has 1 amide bonds. The summed E-state index contributed by atoms with van der Waals surface area (Å²) in [6.45, 7) is 0. The third-order valence-electron chi connectivity index (χ3n) is 4.93. The van der Waals surface area contributed by atoms with Gasteiger partial charge in [0.15, 0.2) is 0 Å². The van der Waals surface area contributed by atoms with Crippen molar-refractivity contribution in [2.45, 2.75) is 0 Å². The minimum absolute atomic E-state index is 0.0292. The van der Waals surface area contributed by atoms with Crippen molar-refractivity contribution in [2.24, 2.45) is 7.05 Å². The van der Waals surface area contributed by atoms with E-state index in [0.717, 1.165) is 16.8 Å². The van der Waals surface area contributed by atoms with Gasteiger partial charge >= 0.3 is 0 Å². The van der Waals surface area contributed by atoms with Gasteiger partial charge in [-0.1, -0.05) is 21.9 Å². The lowest BCUT2D eigenvalue weighted by molar-refractivity contribution is 0.102. The smallest absolute Gasteiger partial charge is 0.255 e. The van der Waals surface area contributed by atoms with E-state index in [-0.39, 0.29) is 39.0 Å². The van der Waals surface area contributed by atoms with Gasteiger partial charge in [0.2, 0.25) is 0 Å². The van der Waals surface area contributed by atoms with Crippen LogP contribution in [0.2, 0.25) is 0 Å². The Morgan fingerprint density at radius 3 is 2.39 bits per heavy atom. The van der Waals surface area contributed by atoms with Crippen molar-refractivity contribution in [1.29, 1.82) is 0 Å². The molecule has 7 nitrogen and oxygen atoms in total. The Kier molecular flexibility index (Phi) is 5.35. The summed E-state index contributed by atoms with van der Waals surface area (Å²) in [5.74, 6) is -0.216. The van der Waals surface area contributed by atoms with Gasteiger partial charge in [-0.05, 0) is 12.1 Å². The number of aryl methyl sites for hydroxylation is 1. The monoisotopic (exact) mass is 399 g/mol. The molecule has 0 spiro atoms. The molecule has 4 aromatic rings. The molecule has 0 bridgehead atoms. The molecular weight excluding hydrogens is 386 g/mol. The van der Waals surface area contributed by atoms with Crippen molar-refractivity contribution in [1.82, 2.24) is 19.5 Å². The van der Waals surface area contributed by atoms with Gasteiger partial charge in [0.25, 0.3) is 5.91 Å². The summed E-state index contributed by atoms with van der Waals surface area (Å²) < 4.78 is 6.98. The zero-order valence-corrected chi connectivity index (χ0v) is 16.9. The Balaban J connectivity index is 1.70. The number of hydrogen-bond acceptors (Lipinski definition) is 5. The van der Waals surface area contributed by atoms with Crippen LogP contribution >= 0.6 is 0 Å². The highest BCUT2D eigenvalue weighted by atomic mass is 16.5. The molecule has 0 aliphatic rings. The third kappa shape index (κ3) is 3.60. The van der Waals surface area contributed by atoms with Crippen molar-refractivity contribution in [3.8, 4) is 17.1 Å². The number of aromatic nitrogens is 4. The highest BCUT2D eigenvalue weighted by Crippen LogP contribution is 2.21.